The summed E-state index contributed by atoms with van der Waals surface area (Å²) in [4.78, 5) is 26.2. The Morgan fingerprint density at radius 2 is 1.59 bits per heavy atom. The average molecular weight is 423 g/mol. The molecule has 0 bridgehead atoms. The molecule has 0 aromatic heterocycles. The number of esters is 1. The van der Waals surface area contributed by atoms with Crippen LogP contribution in [0.3, 0.4) is 0 Å². The average Bonchev–Trinajstić information content (AvgIpc) is 2.71. The van der Waals surface area contributed by atoms with Gasteiger partial charge in [-0.2, -0.15) is 4.31 Å². The van der Waals surface area contributed by atoms with E-state index in [1.807, 2.05) is 0 Å². The van der Waals surface area contributed by atoms with Crippen molar-refractivity contribution in [3.63, 3.8) is 0 Å². The molecule has 29 heavy (non-hydrogen) atoms. The first-order chi connectivity index (χ1) is 13.8. The molecular weight excluding hydrogens is 392 g/mol. The van der Waals surface area contributed by atoms with Crippen LogP contribution in [0.25, 0.3) is 0 Å². The number of rotatable bonds is 5. The Morgan fingerprint density at radius 1 is 1.00 bits per heavy atom. The lowest BCUT2D eigenvalue weighted by atomic mass is 9.94. The van der Waals surface area contributed by atoms with Crippen molar-refractivity contribution >= 4 is 21.9 Å². The first-order valence-electron chi connectivity index (χ1n) is 10.3. The lowest BCUT2D eigenvalue weighted by Crippen LogP contribution is -2.42. The summed E-state index contributed by atoms with van der Waals surface area (Å²) in [6, 6.07) is 5.75. The number of sulfonamides is 1. The number of carbonyl (C=O) groups excluding carboxylic acids is 2. The number of hydrogen-bond acceptors (Lipinski definition) is 5. The number of amides is 1. The van der Waals surface area contributed by atoms with Crippen molar-refractivity contribution in [1.82, 2.24) is 9.21 Å². The van der Waals surface area contributed by atoms with E-state index in [1.165, 1.54) is 28.6 Å². The number of likely N-dealkylation sites (tertiary alicyclic amines) is 1. The number of hydrogen-bond donors (Lipinski definition) is 0. The second-order valence-electron chi connectivity index (χ2n) is 8.31. The number of nitrogens with zero attached hydrogens (tertiary/aromatic N) is 2. The van der Waals surface area contributed by atoms with E-state index >= 15 is 0 Å². The molecule has 7 nitrogen and oxygen atoms in total. The third-order valence-electron chi connectivity index (χ3n) is 5.60. The van der Waals surface area contributed by atoms with Crippen molar-refractivity contribution in [2.24, 2.45) is 11.8 Å². The number of benzene rings is 1. The molecule has 0 spiro atoms. The lowest BCUT2D eigenvalue weighted by molar-refractivity contribution is -0.135. The predicted octanol–water partition coefficient (Wildman–Crippen LogP) is 2.52. The van der Waals surface area contributed by atoms with Crippen molar-refractivity contribution in [2.45, 2.75) is 44.4 Å². The normalized spacial score (nSPS) is 23.6. The molecule has 0 radical (unpaired) electrons. The van der Waals surface area contributed by atoms with Gasteiger partial charge in [0.05, 0.1) is 10.5 Å². The monoisotopic (exact) mass is 422 g/mol. The van der Waals surface area contributed by atoms with Gasteiger partial charge in [0.25, 0.3) is 5.91 Å². The first-order valence-corrected chi connectivity index (χ1v) is 11.8. The van der Waals surface area contributed by atoms with E-state index in [0.717, 1.165) is 25.7 Å². The van der Waals surface area contributed by atoms with Crippen molar-refractivity contribution in [3.8, 4) is 0 Å². The molecule has 2 aliphatic rings. The van der Waals surface area contributed by atoms with Gasteiger partial charge in [0.2, 0.25) is 10.0 Å². The van der Waals surface area contributed by atoms with E-state index < -0.39 is 16.0 Å². The molecule has 1 aromatic carbocycles. The second kappa shape index (κ2) is 9.26. The van der Waals surface area contributed by atoms with Crippen LogP contribution in [0.5, 0.6) is 0 Å². The smallest absolute Gasteiger partial charge is 0.338 e. The third kappa shape index (κ3) is 5.36. The summed E-state index contributed by atoms with van der Waals surface area (Å²) >= 11 is 0. The lowest BCUT2D eigenvalue weighted by Gasteiger charge is -2.34. The van der Waals surface area contributed by atoms with Crippen LogP contribution in [-0.4, -0.2) is 62.3 Å². The number of piperidine rings is 2. The van der Waals surface area contributed by atoms with Gasteiger partial charge in [-0.25, -0.2) is 13.2 Å². The Balaban J connectivity index is 1.60. The van der Waals surface area contributed by atoms with Gasteiger partial charge in [0.1, 0.15) is 0 Å². The molecule has 0 saturated carbocycles. The van der Waals surface area contributed by atoms with Gasteiger partial charge in [-0.15, -0.1) is 0 Å². The summed E-state index contributed by atoms with van der Waals surface area (Å²) in [5.41, 5.74) is 0.232. The Kier molecular flexibility index (Phi) is 6.95. The van der Waals surface area contributed by atoms with Crippen LogP contribution in [-0.2, 0) is 19.6 Å². The van der Waals surface area contributed by atoms with Crippen LogP contribution < -0.4 is 0 Å². The molecule has 2 saturated heterocycles. The van der Waals surface area contributed by atoms with Gasteiger partial charge < -0.3 is 9.64 Å². The standard InChI is InChI=1S/C21H30N2O5S/c1-16-12-17(2)14-23(13-16)29(26,27)19-8-6-18(7-9-19)21(25)28-15-20(24)22-10-4-3-5-11-22/h6-9,16-17H,3-5,10-15H2,1-2H3. The highest BCUT2D eigenvalue weighted by Gasteiger charge is 2.31. The molecule has 2 fully saturated rings. The molecule has 2 atom stereocenters. The highest BCUT2D eigenvalue weighted by atomic mass is 32.2. The fourth-order valence-corrected chi connectivity index (χ4v) is 5.84. The second-order valence-corrected chi connectivity index (χ2v) is 10.2. The molecule has 2 aliphatic heterocycles. The van der Waals surface area contributed by atoms with Crippen molar-refractivity contribution in [2.75, 3.05) is 32.8 Å². The minimum atomic E-state index is -3.59. The fourth-order valence-electron chi connectivity index (χ4n) is 4.16. The van der Waals surface area contributed by atoms with Gasteiger partial charge in [0, 0.05) is 26.2 Å². The quantitative estimate of drug-likeness (QED) is 0.681. The summed E-state index contributed by atoms with van der Waals surface area (Å²) < 4.78 is 32.5. The zero-order chi connectivity index (χ0) is 21.0. The van der Waals surface area contributed by atoms with Crippen LogP contribution in [0.4, 0.5) is 0 Å². The van der Waals surface area contributed by atoms with Crippen LogP contribution in [0, 0.1) is 11.8 Å². The highest BCUT2D eigenvalue weighted by molar-refractivity contribution is 7.89. The van der Waals surface area contributed by atoms with Gasteiger partial charge in [-0.3, -0.25) is 4.79 Å². The summed E-state index contributed by atoms with van der Waals surface area (Å²) in [7, 11) is -3.59. The Morgan fingerprint density at radius 3 is 2.17 bits per heavy atom. The van der Waals surface area contributed by atoms with Crippen LogP contribution in [0.2, 0.25) is 0 Å². The van der Waals surface area contributed by atoms with Crippen molar-refractivity contribution < 1.29 is 22.7 Å². The van der Waals surface area contributed by atoms with Crippen LogP contribution in [0.15, 0.2) is 29.2 Å². The summed E-state index contributed by atoms with van der Waals surface area (Å²) in [5, 5.41) is 0. The Labute approximate surface area is 173 Å². The molecule has 2 unspecified atom stereocenters. The molecule has 0 aliphatic carbocycles. The Bertz CT molecular complexity index is 821. The van der Waals surface area contributed by atoms with E-state index in [-0.39, 0.29) is 23.0 Å². The summed E-state index contributed by atoms with van der Waals surface area (Å²) in [6.07, 6.45) is 4.09. The van der Waals surface area contributed by atoms with E-state index in [1.54, 1.807) is 4.90 Å². The topological polar surface area (TPSA) is 84.0 Å². The minimum absolute atomic E-state index is 0.166. The maximum absolute atomic E-state index is 12.9. The molecule has 1 amide bonds. The first kappa shape index (κ1) is 21.8. The fraction of sp³-hybridized carbons (Fsp3) is 0.619. The van der Waals surface area contributed by atoms with Crippen LogP contribution >= 0.6 is 0 Å². The SMILES string of the molecule is CC1CC(C)CN(S(=O)(=O)c2ccc(C(=O)OCC(=O)N3CCCCC3)cc2)C1. The maximum Gasteiger partial charge on any atom is 0.338 e. The summed E-state index contributed by atoms with van der Waals surface area (Å²) in [6.45, 7) is 6.25. The van der Waals surface area contributed by atoms with E-state index in [0.29, 0.717) is 38.0 Å². The third-order valence-corrected chi connectivity index (χ3v) is 7.44. The van der Waals surface area contributed by atoms with Crippen molar-refractivity contribution in [1.29, 1.82) is 0 Å². The molecule has 0 N–H and O–H groups in total. The maximum atomic E-state index is 12.9. The predicted molar refractivity (Wildman–Crippen MR) is 109 cm³/mol. The van der Waals surface area contributed by atoms with Gasteiger partial charge >= 0.3 is 5.97 Å². The molecule has 3 rings (SSSR count). The number of carbonyl (C=O) groups is 2. The van der Waals surface area contributed by atoms with Gasteiger partial charge in [0.15, 0.2) is 6.61 Å². The zero-order valence-electron chi connectivity index (χ0n) is 17.2. The van der Waals surface area contributed by atoms with Crippen LogP contribution in [0.1, 0.15) is 49.9 Å². The van der Waals surface area contributed by atoms with Gasteiger partial charge in [-0.1, -0.05) is 13.8 Å². The van der Waals surface area contributed by atoms with Crippen molar-refractivity contribution in [3.05, 3.63) is 29.8 Å². The van der Waals surface area contributed by atoms with E-state index in [2.05, 4.69) is 13.8 Å². The molecular formula is C21H30N2O5S. The Hall–Kier alpha value is -1.93. The minimum Gasteiger partial charge on any atom is -0.452 e. The molecule has 160 valence electrons. The van der Waals surface area contributed by atoms with Gasteiger partial charge in [-0.05, 0) is 61.8 Å². The summed E-state index contributed by atoms with van der Waals surface area (Å²) in [5.74, 6) is -0.175. The number of ether oxygens (including phenoxy) is 1. The zero-order valence-corrected chi connectivity index (χ0v) is 18.0. The molecule has 2 heterocycles. The van der Waals surface area contributed by atoms with E-state index in [4.69, 9.17) is 4.74 Å². The molecule has 8 heteroatoms. The van der Waals surface area contributed by atoms with E-state index in [9.17, 15) is 18.0 Å². The largest absolute Gasteiger partial charge is 0.452 e. The highest BCUT2D eigenvalue weighted by Crippen LogP contribution is 2.26. The molecule has 1 aromatic rings.